The third-order valence-electron chi connectivity index (χ3n) is 2.29. The van der Waals surface area contributed by atoms with Crippen LogP contribution in [0.15, 0.2) is 0 Å². The summed E-state index contributed by atoms with van der Waals surface area (Å²) < 4.78 is 0. The first kappa shape index (κ1) is 16.0. The van der Waals surface area contributed by atoms with E-state index in [1.807, 2.05) is 0 Å². The zero-order valence-electron chi connectivity index (χ0n) is 10.8. The second kappa shape index (κ2) is 7.33. The van der Waals surface area contributed by atoms with E-state index in [1.54, 1.807) is 13.8 Å². The molecule has 3 amide bonds. The van der Waals surface area contributed by atoms with Gasteiger partial charge in [0.25, 0.3) is 0 Å². The van der Waals surface area contributed by atoms with E-state index in [2.05, 4.69) is 16.6 Å². The van der Waals surface area contributed by atoms with Gasteiger partial charge in [0.2, 0.25) is 17.7 Å². The van der Waals surface area contributed by atoms with Crippen LogP contribution in [0.1, 0.15) is 27.2 Å². The minimum atomic E-state index is -0.919. The van der Waals surface area contributed by atoms with Crippen molar-refractivity contribution in [1.29, 1.82) is 0 Å². The number of hydrogen-bond acceptors (Lipinski definition) is 3. The summed E-state index contributed by atoms with van der Waals surface area (Å²) in [5, 5.41) is 4.94. The number of nitrogens with two attached hydrogens (primary N) is 1. The molecule has 4 N–H and O–H groups in total. The van der Waals surface area contributed by atoms with Crippen molar-refractivity contribution in [3.63, 3.8) is 0 Å². The highest BCUT2D eigenvalue weighted by Gasteiger charge is 2.26. The van der Waals surface area contributed by atoms with Gasteiger partial charge < -0.3 is 16.4 Å². The molecule has 0 rings (SSSR count). The summed E-state index contributed by atoms with van der Waals surface area (Å²) in [5.74, 6) is 0.645. The molecule has 0 radical (unpaired) electrons. The largest absolute Gasteiger partial charge is 0.368 e. The summed E-state index contributed by atoms with van der Waals surface area (Å²) in [6.45, 7) is 4.87. The van der Waals surface area contributed by atoms with Crippen LogP contribution in [0.25, 0.3) is 0 Å². The van der Waals surface area contributed by atoms with Crippen LogP contribution in [0.3, 0.4) is 0 Å². The van der Waals surface area contributed by atoms with Gasteiger partial charge >= 0.3 is 0 Å². The molecule has 0 spiro atoms. The molecule has 0 saturated heterocycles. The summed E-state index contributed by atoms with van der Waals surface area (Å²) >= 11 is 0. The third kappa shape index (κ3) is 5.34. The molecule has 0 fully saturated rings. The molecule has 0 aliphatic heterocycles. The Morgan fingerprint density at radius 2 is 1.83 bits per heavy atom. The van der Waals surface area contributed by atoms with Crippen molar-refractivity contribution in [2.75, 3.05) is 0 Å². The van der Waals surface area contributed by atoms with E-state index < -0.39 is 23.9 Å². The first-order valence-corrected chi connectivity index (χ1v) is 5.59. The van der Waals surface area contributed by atoms with Crippen molar-refractivity contribution in [2.24, 2.45) is 11.7 Å². The molecule has 18 heavy (non-hydrogen) atoms. The highest BCUT2D eigenvalue weighted by Crippen LogP contribution is 2.03. The fourth-order valence-electron chi connectivity index (χ4n) is 1.36. The summed E-state index contributed by atoms with van der Waals surface area (Å²) in [6, 6.07) is -1.64. The van der Waals surface area contributed by atoms with E-state index in [0.29, 0.717) is 0 Å². The van der Waals surface area contributed by atoms with Gasteiger partial charge in [0.15, 0.2) is 0 Å². The van der Waals surface area contributed by atoms with Crippen molar-refractivity contribution >= 4 is 17.7 Å². The van der Waals surface area contributed by atoms with Gasteiger partial charge in [-0.1, -0.05) is 13.8 Å². The first-order valence-electron chi connectivity index (χ1n) is 5.59. The van der Waals surface area contributed by atoms with E-state index in [1.165, 1.54) is 6.92 Å². The lowest BCUT2D eigenvalue weighted by atomic mass is 10.0. The Bertz CT molecular complexity index is 371. The van der Waals surface area contributed by atoms with Crippen LogP contribution in [0.4, 0.5) is 0 Å². The second-order valence-corrected chi connectivity index (χ2v) is 4.29. The van der Waals surface area contributed by atoms with Crippen molar-refractivity contribution in [3.8, 4) is 12.3 Å². The lowest BCUT2D eigenvalue weighted by Gasteiger charge is -2.23. The van der Waals surface area contributed by atoms with Crippen molar-refractivity contribution in [3.05, 3.63) is 0 Å². The number of primary amides is 1. The standard InChI is InChI=1S/C12H19N3O3/c1-5-6-9(11(13)17)15-12(18)10(7(2)3)14-8(4)16/h1,7,9-10H,6H2,2-4H3,(H2,13,17)(H,14,16)(H,15,18)/t9-,10+/m0/s1. The molecule has 0 aliphatic rings. The van der Waals surface area contributed by atoms with Gasteiger partial charge in [-0.3, -0.25) is 14.4 Å². The minimum absolute atomic E-state index is 0.0198. The number of amides is 3. The minimum Gasteiger partial charge on any atom is -0.368 e. The fourth-order valence-corrected chi connectivity index (χ4v) is 1.36. The average molecular weight is 253 g/mol. The summed E-state index contributed by atoms with van der Waals surface area (Å²) in [5.41, 5.74) is 5.11. The molecule has 0 aliphatic carbocycles. The molecule has 0 unspecified atom stereocenters. The zero-order chi connectivity index (χ0) is 14.3. The van der Waals surface area contributed by atoms with E-state index in [9.17, 15) is 14.4 Å². The second-order valence-electron chi connectivity index (χ2n) is 4.29. The fraction of sp³-hybridized carbons (Fsp3) is 0.583. The highest BCUT2D eigenvalue weighted by atomic mass is 16.2. The number of nitrogens with one attached hydrogen (secondary N) is 2. The molecule has 6 nitrogen and oxygen atoms in total. The van der Waals surface area contributed by atoms with Crippen LogP contribution < -0.4 is 16.4 Å². The molecule has 0 saturated carbocycles. The lowest BCUT2D eigenvalue weighted by molar-refractivity contribution is -0.131. The number of carbonyl (C=O) groups is 3. The molecular formula is C12H19N3O3. The molecule has 0 bridgehead atoms. The van der Waals surface area contributed by atoms with Crippen LogP contribution in [0, 0.1) is 18.3 Å². The van der Waals surface area contributed by atoms with Crippen molar-refractivity contribution in [2.45, 2.75) is 39.3 Å². The van der Waals surface area contributed by atoms with Gasteiger partial charge in [-0.05, 0) is 5.92 Å². The predicted molar refractivity (Wildman–Crippen MR) is 67.0 cm³/mol. The maximum Gasteiger partial charge on any atom is 0.243 e. The van der Waals surface area contributed by atoms with Crippen LogP contribution in [0.5, 0.6) is 0 Å². The highest BCUT2D eigenvalue weighted by molar-refractivity contribution is 5.91. The van der Waals surface area contributed by atoms with Crippen LogP contribution in [0.2, 0.25) is 0 Å². The summed E-state index contributed by atoms with van der Waals surface area (Å²) in [6.07, 6.45) is 5.10. The molecular weight excluding hydrogens is 234 g/mol. The quantitative estimate of drug-likeness (QED) is 0.537. The monoisotopic (exact) mass is 253 g/mol. The smallest absolute Gasteiger partial charge is 0.243 e. The number of carbonyl (C=O) groups excluding carboxylic acids is 3. The molecule has 6 heteroatoms. The predicted octanol–water partition coefficient (Wildman–Crippen LogP) is -0.859. The first-order chi connectivity index (χ1) is 8.29. The van der Waals surface area contributed by atoms with Gasteiger partial charge in [0.05, 0.1) is 0 Å². The Balaban J connectivity index is 4.72. The topological polar surface area (TPSA) is 101 Å². The lowest BCUT2D eigenvalue weighted by Crippen LogP contribution is -2.54. The molecule has 0 aromatic carbocycles. The molecule has 0 heterocycles. The normalized spacial score (nSPS) is 13.3. The molecule has 100 valence electrons. The zero-order valence-corrected chi connectivity index (χ0v) is 10.8. The third-order valence-corrected chi connectivity index (χ3v) is 2.29. The Hall–Kier alpha value is -2.03. The van der Waals surface area contributed by atoms with E-state index in [0.717, 1.165) is 0 Å². The summed E-state index contributed by atoms with van der Waals surface area (Å²) in [4.78, 5) is 34.0. The van der Waals surface area contributed by atoms with Crippen molar-refractivity contribution < 1.29 is 14.4 Å². The van der Waals surface area contributed by atoms with Crippen LogP contribution in [-0.4, -0.2) is 29.8 Å². The van der Waals surface area contributed by atoms with Gasteiger partial charge in [0, 0.05) is 13.3 Å². The van der Waals surface area contributed by atoms with Gasteiger partial charge in [-0.15, -0.1) is 12.3 Å². The van der Waals surface area contributed by atoms with E-state index >= 15 is 0 Å². The Labute approximate surface area is 107 Å². The molecule has 2 atom stereocenters. The number of rotatable bonds is 6. The van der Waals surface area contributed by atoms with Gasteiger partial charge in [-0.2, -0.15) is 0 Å². The van der Waals surface area contributed by atoms with Crippen LogP contribution >= 0.6 is 0 Å². The Morgan fingerprint density at radius 1 is 1.28 bits per heavy atom. The molecule has 0 aromatic heterocycles. The Morgan fingerprint density at radius 3 is 2.17 bits per heavy atom. The summed E-state index contributed by atoms with van der Waals surface area (Å²) in [7, 11) is 0. The maximum atomic E-state index is 11.9. The van der Waals surface area contributed by atoms with Crippen molar-refractivity contribution in [1.82, 2.24) is 10.6 Å². The number of hydrogen-bond donors (Lipinski definition) is 3. The van der Waals surface area contributed by atoms with E-state index in [4.69, 9.17) is 12.2 Å². The van der Waals surface area contributed by atoms with E-state index in [-0.39, 0.29) is 18.2 Å². The van der Waals surface area contributed by atoms with Gasteiger partial charge in [0.1, 0.15) is 12.1 Å². The SMILES string of the molecule is C#CC[C@H](NC(=O)[C@H](NC(C)=O)C(C)C)C(N)=O. The van der Waals surface area contributed by atoms with Crippen LogP contribution in [-0.2, 0) is 14.4 Å². The molecule has 0 aromatic rings. The average Bonchev–Trinajstić information content (AvgIpc) is 2.24. The van der Waals surface area contributed by atoms with Gasteiger partial charge in [-0.25, -0.2) is 0 Å². The Kier molecular flexibility index (Phi) is 6.50. The number of terminal acetylenes is 1. The maximum absolute atomic E-state index is 11.9.